The van der Waals surface area contributed by atoms with Crippen LogP contribution in [-0.2, 0) is 4.79 Å². The van der Waals surface area contributed by atoms with Crippen LogP contribution in [0.3, 0.4) is 0 Å². The molecule has 1 saturated heterocycles. The molecule has 0 amide bonds. The third kappa shape index (κ3) is 1.88. The summed E-state index contributed by atoms with van der Waals surface area (Å²) < 4.78 is 0. The Morgan fingerprint density at radius 2 is 2.29 bits per heavy atom. The second kappa shape index (κ2) is 3.98. The van der Waals surface area contributed by atoms with Crippen LogP contribution in [0.4, 0.5) is 0 Å². The molecule has 5 heteroatoms. The molecule has 0 unspecified atom stereocenters. The number of aliphatic carboxylic acids is 1. The van der Waals surface area contributed by atoms with Crippen LogP contribution < -0.4 is 5.32 Å². The number of thioether (sulfide) groups is 1. The zero-order valence-electron chi connectivity index (χ0n) is 7.38. The van der Waals surface area contributed by atoms with Gasteiger partial charge in [-0.1, -0.05) is 0 Å². The Balaban J connectivity index is 2.06. The summed E-state index contributed by atoms with van der Waals surface area (Å²) in [5, 5.41) is 11.9. The lowest BCUT2D eigenvalue weighted by Gasteiger charge is -2.10. The summed E-state index contributed by atoms with van der Waals surface area (Å²) in [6, 6.07) is 3.36. The van der Waals surface area contributed by atoms with E-state index in [2.05, 4.69) is 10.3 Å². The summed E-state index contributed by atoms with van der Waals surface area (Å²) in [5.41, 5.74) is 1.08. The van der Waals surface area contributed by atoms with Crippen molar-refractivity contribution in [1.29, 1.82) is 0 Å². The molecule has 14 heavy (non-hydrogen) atoms. The Labute approximate surface area is 85.7 Å². The molecule has 2 N–H and O–H groups in total. The first-order valence-electron chi connectivity index (χ1n) is 4.28. The molecule has 0 aliphatic carbocycles. The maximum Gasteiger partial charge on any atom is 0.321 e. The number of aromatic nitrogens is 1. The number of hydrogen-bond acceptors (Lipinski definition) is 4. The van der Waals surface area contributed by atoms with Gasteiger partial charge in [-0.3, -0.25) is 15.1 Å². The van der Waals surface area contributed by atoms with Crippen molar-refractivity contribution in [3.05, 3.63) is 30.1 Å². The predicted octanol–water partition coefficient (Wildman–Crippen LogP) is 0.870. The van der Waals surface area contributed by atoms with Crippen LogP contribution in [0.25, 0.3) is 0 Å². The second-order valence-corrected chi connectivity index (χ2v) is 4.19. The molecule has 0 spiro atoms. The molecule has 2 heterocycles. The summed E-state index contributed by atoms with van der Waals surface area (Å²) >= 11 is 1.61. The van der Waals surface area contributed by atoms with Crippen LogP contribution in [0, 0.1) is 0 Å². The number of carbonyl (C=O) groups is 1. The Kier molecular flexibility index (Phi) is 2.69. The molecule has 1 aromatic heterocycles. The van der Waals surface area contributed by atoms with Gasteiger partial charge in [0.25, 0.3) is 0 Å². The molecular formula is C9H10N2O2S. The third-order valence-corrected chi connectivity index (χ3v) is 3.36. The molecule has 0 aromatic carbocycles. The summed E-state index contributed by atoms with van der Waals surface area (Å²) in [6.45, 7) is 0. The average molecular weight is 210 g/mol. The monoisotopic (exact) mass is 210 g/mol. The van der Waals surface area contributed by atoms with Crippen molar-refractivity contribution in [3.63, 3.8) is 0 Å². The highest BCUT2D eigenvalue weighted by molar-refractivity contribution is 7.99. The van der Waals surface area contributed by atoms with Crippen LogP contribution in [0.1, 0.15) is 10.9 Å². The van der Waals surface area contributed by atoms with Crippen molar-refractivity contribution in [1.82, 2.24) is 10.3 Å². The number of carboxylic acids is 1. The number of nitrogens with one attached hydrogen (secondary N) is 1. The molecule has 1 fully saturated rings. The molecule has 0 saturated carbocycles. The summed E-state index contributed by atoms with van der Waals surface area (Å²) in [6.07, 6.45) is 3.43. The minimum atomic E-state index is -0.783. The lowest BCUT2D eigenvalue weighted by atomic mass is 10.2. The third-order valence-electron chi connectivity index (χ3n) is 2.09. The topological polar surface area (TPSA) is 62.2 Å². The van der Waals surface area contributed by atoms with Gasteiger partial charge in [-0.25, -0.2) is 0 Å². The Morgan fingerprint density at radius 1 is 1.57 bits per heavy atom. The maximum atomic E-state index is 10.7. The fourth-order valence-electron chi connectivity index (χ4n) is 1.34. The average Bonchev–Trinajstić information content (AvgIpc) is 2.68. The van der Waals surface area contributed by atoms with Crippen LogP contribution in [0.5, 0.6) is 0 Å². The van der Waals surface area contributed by atoms with Crippen LogP contribution >= 0.6 is 11.8 Å². The van der Waals surface area contributed by atoms with Gasteiger partial charge in [0.2, 0.25) is 0 Å². The van der Waals surface area contributed by atoms with E-state index in [-0.39, 0.29) is 5.37 Å². The minimum Gasteiger partial charge on any atom is -0.480 e. The van der Waals surface area contributed by atoms with Crippen molar-refractivity contribution >= 4 is 17.7 Å². The van der Waals surface area contributed by atoms with Gasteiger partial charge in [-0.15, -0.1) is 11.8 Å². The standard InChI is InChI=1S/C9H10N2O2S/c12-9(13)7-5-14-8(11-7)6-1-3-10-4-2-6/h1-4,7-8,11H,5H2,(H,12,13)/t7-,8+/m0/s1. The summed E-state index contributed by atoms with van der Waals surface area (Å²) in [7, 11) is 0. The van der Waals surface area contributed by atoms with Gasteiger partial charge >= 0.3 is 5.97 Å². The van der Waals surface area contributed by atoms with E-state index in [1.54, 1.807) is 24.2 Å². The highest BCUT2D eigenvalue weighted by Gasteiger charge is 2.29. The smallest absolute Gasteiger partial charge is 0.321 e. The van der Waals surface area contributed by atoms with E-state index >= 15 is 0 Å². The molecule has 2 atom stereocenters. The zero-order chi connectivity index (χ0) is 9.97. The van der Waals surface area contributed by atoms with Gasteiger partial charge in [0.05, 0.1) is 5.37 Å². The zero-order valence-corrected chi connectivity index (χ0v) is 8.20. The molecule has 4 nitrogen and oxygen atoms in total. The van der Waals surface area contributed by atoms with Gasteiger partial charge in [0.1, 0.15) is 6.04 Å². The molecule has 2 rings (SSSR count). The van der Waals surface area contributed by atoms with Crippen molar-refractivity contribution in [2.24, 2.45) is 0 Å². The fourth-order valence-corrected chi connectivity index (χ4v) is 2.58. The summed E-state index contributed by atoms with van der Waals surface area (Å²) in [4.78, 5) is 14.6. The van der Waals surface area contributed by atoms with Gasteiger partial charge < -0.3 is 5.11 Å². The Hall–Kier alpha value is -1.07. The first-order valence-corrected chi connectivity index (χ1v) is 5.32. The number of hydrogen-bond donors (Lipinski definition) is 2. The van der Waals surface area contributed by atoms with E-state index in [4.69, 9.17) is 5.11 Å². The highest BCUT2D eigenvalue weighted by atomic mass is 32.2. The number of nitrogens with zero attached hydrogens (tertiary/aromatic N) is 1. The molecule has 74 valence electrons. The molecule has 1 aliphatic rings. The van der Waals surface area contributed by atoms with E-state index in [9.17, 15) is 4.79 Å². The SMILES string of the molecule is O=C(O)[C@@H]1CS[C@H](c2ccncc2)N1. The van der Waals surface area contributed by atoms with Gasteiger partial charge in [0, 0.05) is 18.1 Å². The van der Waals surface area contributed by atoms with Crippen LogP contribution in [0.2, 0.25) is 0 Å². The van der Waals surface area contributed by atoms with Crippen molar-refractivity contribution in [2.75, 3.05) is 5.75 Å². The lowest BCUT2D eigenvalue weighted by molar-refractivity contribution is -0.138. The van der Waals surface area contributed by atoms with E-state index in [0.717, 1.165) is 5.56 Å². The predicted molar refractivity (Wildman–Crippen MR) is 54.0 cm³/mol. The molecular weight excluding hydrogens is 200 g/mol. The minimum absolute atomic E-state index is 0.0825. The van der Waals surface area contributed by atoms with Gasteiger partial charge in [0.15, 0.2) is 0 Å². The van der Waals surface area contributed by atoms with Gasteiger partial charge in [-0.2, -0.15) is 0 Å². The van der Waals surface area contributed by atoms with E-state index in [1.165, 1.54) is 0 Å². The molecule has 1 aliphatic heterocycles. The first kappa shape index (κ1) is 9.48. The van der Waals surface area contributed by atoms with Crippen LogP contribution in [-0.4, -0.2) is 27.9 Å². The highest BCUT2D eigenvalue weighted by Crippen LogP contribution is 2.32. The lowest BCUT2D eigenvalue weighted by Crippen LogP contribution is -2.33. The Bertz CT molecular complexity index is 331. The number of pyridine rings is 1. The van der Waals surface area contributed by atoms with Crippen molar-refractivity contribution < 1.29 is 9.90 Å². The van der Waals surface area contributed by atoms with Crippen molar-refractivity contribution in [2.45, 2.75) is 11.4 Å². The summed E-state index contributed by atoms with van der Waals surface area (Å²) in [5.74, 6) is -0.170. The number of carboxylic acid groups (broad SMARTS) is 1. The van der Waals surface area contributed by atoms with Gasteiger partial charge in [-0.05, 0) is 17.7 Å². The second-order valence-electron chi connectivity index (χ2n) is 3.05. The van der Waals surface area contributed by atoms with Crippen LogP contribution in [0.15, 0.2) is 24.5 Å². The van der Waals surface area contributed by atoms with E-state index in [0.29, 0.717) is 5.75 Å². The Morgan fingerprint density at radius 3 is 2.86 bits per heavy atom. The molecule has 0 bridgehead atoms. The van der Waals surface area contributed by atoms with Crippen molar-refractivity contribution in [3.8, 4) is 0 Å². The fraction of sp³-hybridized carbons (Fsp3) is 0.333. The maximum absolute atomic E-state index is 10.7. The van der Waals surface area contributed by atoms with E-state index < -0.39 is 12.0 Å². The number of rotatable bonds is 2. The molecule has 1 aromatic rings. The quantitative estimate of drug-likeness (QED) is 0.758. The first-order chi connectivity index (χ1) is 6.77. The molecule has 0 radical (unpaired) electrons. The normalized spacial score (nSPS) is 26.3. The largest absolute Gasteiger partial charge is 0.480 e. The van der Waals surface area contributed by atoms with E-state index in [1.807, 2.05) is 12.1 Å².